The van der Waals surface area contributed by atoms with E-state index in [0.29, 0.717) is 22.2 Å². The third-order valence-corrected chi connectivity index (χ3v) is 7.20. The molecule has 38 heavy (non-hydrogen) atoms. The summed E-state index contributed by atoms with van der Waals surface area (Å²) in [5, 5.41) is 24.7. The Bertz CT molecular complexity index is 1370. The third-order valence-electron chi connectivity index (χ3n) is 5.40. The number of carbonyl (C=O) groups is 3. The highest BCUT2D eigenvalue weighted by Crippen LogP contribution is 2.20. The number of hydrogen-bond donors (Lipinski definition) is 2. The fraction of sp³-hybridized carbons (Fsp3) is 0.269. The molecular formula is C26H26N6O4S2. The molecule has 12 heteroatoms. The van der Waals surface area contributed by atoms with E-state index in [9.17, 15) is 14.4 Å². The minimum absolute atomic E-state index is 0.116. The topological polar surface area (TPSA) is 136 Å². The van der Waals surface area contributed by atoms with Crippen molar-refractivity contribution in [3.8, 4) is 0 Å². The molecule has 0 aliphatic heterocycles. The van der Waals surface area contributed by atoms with E-state index in [4.69, 9.17) is 0 Å². The second-order valence-corrected chi connectivity index (χ2v) is 10.5. The molecule has 0 aliphatic rings. The first-order valence-corrected chi connectivity index (χ1v) is 13.6. The molecule has 0 unspecified atom stereocenters. The molecule has 2 aromatic carbocycles. The average Bonchev–Trinajstić information content (AvgIpc) is 3.56. The lowest BCUT2D eigenvalue weighted by Gasteiger charge is -2.03. The van der Waals surface area contributed by atoms with Crippen LogP contribution in [0.3, 0.4) is 0 Å². The molecule has 196 valence electrons. The van der Waals surface area contributed by atoms with Crippen LogP contribution < -0.4 is 10.6 Å². The van der Waals surface area contributed by atoms with Gasteiger partial charge in [0.1, 0.15) is 10.0 Å². The molecule has 0 atom stereocenters. The summed E-state index contributed by atoms with van der Waals surface area (Å²) in [6, 6.07) is 16.2. The minimum Gasteiger partial charge on any atom is -0.465 e. The second-order valence-electron chi connectivity index (χ2n) is 8.33. The maximum atomic E-state index is 12.3. The zero-order valence-corrected chi connectivity index (χ0v) is 22.3. The number of nitrogens with one attached hydrogen (secondary N) is 2. The summed E-state index contributed by atoms with van der Waals surface area (Å²) in [6.45, 7) is 0. The number of aryl methyl sites for hydroxylation is 2. The van der Waals surface area contributed by atoms with E-state index >= 15 is 0 Å². The van der Waals surface area contributed by atoms with Crippen LogP contribution in [0.25, 0.3) is 0 Å². The highest BCUT2D eigenvalue weighted by Gasteiger charge is 2.12. The van der Waals surface area contributed by atoms with Gasteiger partial charge in [0, 0.05) is 12.8 Å². The molecule has 2 heterocycles. The van der Waals surface area contributed by atoms with Crippen LogP contribution in [-0.2, 0) is 40.0 Å². The zero-order chi connectivity index (χ0) is 26.7. The van der Waals surface area contributed by atoms with Crippen LogP contribution in [0, 0.1) is 0 Å². The summed E-state index contributed by atoms with van der Waals surface area (Å²) in [6.07, 6.45) is 3.71. The van der Waals surface area contributed by atoms with E-state index in [0.717, 1.165) is 46.8 Å². The Kier molecular flexibility index (Phi) is 9.59. The number of amides is 2. The van der Waals surface area contributed by atoms with Crippen LogP contribution in [0.2, 0.25) is 0 Å². The quantitative estimate of drug-likeness (QED) is 0.199. The lowest BCUT2D eigenvalue weighted by Crippen LogP contribution is -2.14. The first-order valence-electron chi connectivity index (χ1n) is 11.9. The van der Waals surface area contributed by atoms with Gasteiger partial charge in [0.25, 0.3) is 0 Å². The molecule has 0 aliphatic carbocycles. The number of rotatable bonds is 12. The van der Waals surface area contributed by atoms with E-state index in [1.54, 1.807) is 24.3 Å². The summed E-state index contributed by atoms with van der Waals surface area (Å²) < 4.78 is 4.68. The smallest absolute Gasteiger partial charge is 0.337 e. The van der Waals surface area contributed by atoms with Crippen molar-refractivity contribution in [2.24, 2.45) is 0 Å². The van der Waals surface area contributed by atoms with E-state index in [-0.39, 0.29) is 18.2 Å². The van der Waals surface area contributed by atoms with Gasteiger partial charge in [0.2, 0.25) is 22.1 Å². The van der Waals surface area contributed by atoms with Gasteiger partial charge < -0.3 is 15.4 Å². The molecule has 4 rings (SSSR count). The van der Waals surface area contributed by atoms with Crippen LogP contribution in [0.4, 0.5) is 10.3 Å². The fourth-order valence-electron chi connectivity index (χ4n) is 3.53. The number of benzene rings is 2. The minimum atomic E-state index is -0.418. The van der Waals surface area contributed by atoms with Crippen molar-refractivity contribution < 1.29 is 19.1 Å². The molecule has 0 spiro atoms. The second kappa shape index (κ2) is 13.5. The fourth-order valence-corrected chi connectivity index (χ4v) is 5.13. The van der Waals surface area contributed by atoms with Gasteiger partial charge in [0.15, 0.2) is 0 Å². The Morgan fingerprint density at radius 2 is 1.21 bits per heavy atom. The van der Waals surface area contributed by atoms with Gasteiger partial charge >= 0.3 is 5.97 Å². The van der Waals surface area contributed by atoms with E-state index in [1.165, 1.54) is 29.8 Å². The molecule has 0 saturated heterocycles. The number of unbranched alkanes of at least 4 members (excludes halogenated alkanes) is 1. The lowest BCUT2D eigenvalue weighted by molar-refractivity contribution is -0.116. The zero-order valence-electron chi connectivity index (χ0n) is 20.7. The Balaban J connectivity index is 1.15. The van der Waals surface area contributed by atoms with Crippen molar-refractivity contribution in [1.29, 1.82) is 0 Å². The maximum absolute atomic E-state index is 12.3. The largest absolute Gasteiger partial charge is 0.465 e. The SMILES string of the molecule is COC(=O)c1ccc(CC(=O)Nc2nnc(CCCCc3nnc(NC(=O)Cc4ccccc4)s3)s2)cc1. The van der Waals surface area contributed by atoms with Crippen LogP contribution >= 0.6 is 22.7 Å². The highest BCUT2D eigenvalue weighted by molar-refractivity contribution is 7.15. The third kappa shape index (κ3) is 8.25. The Labute approximate surface area is 227 Å². The Morgan fingerprint density at radius 1 is 0.711 bits per heavy atom. The van der Waals surface area contributed by atoms with Crippen LogP contribution in [0.5, 0.6) is 0 Å². The predicted octanol–water partition coefficient (Wildman–Crippen LogP) is 4.10. The van der Waals surface area contributed by atoms with Crippen LogP contribution in [-0.4, -0.2) is 45.3 Å². The van der Waals surface area contributed by atoms with Crippen molar-refractivity contribution >= 4 is 50.7 Å². The number of methoxy groups -OCH3 is 1. The average molecular weight is 551 g/mol. The number of nitrogens with zero attached hydrogens (tertiary/aromatic N) is 4. The molecular weight excluding hydrogens is 524 g/mol. The van der Waals surface area contributed by atoms with Crippen molar-refractivity contribution in [2.75, 3.05) is 17.7 Å². The van der Waals surface area contributed by atoms with Gasteiger partial charge in [-0.25, -0.2) is 4.79 Å². The summed E-state index contributed by atoms with van der Waals surface area (Å²) in [5.41, 5.74) is 2.15. The summed E-state index contributed by atoms with van der Waals surface area (Å²) in [4.78, 5) is 36.0. The van der Waals surface area contributed by atoms with Gasteiger partial charge in [-0.15, -0.1) is 20.4 Å². The molecule has 2 amide bonds. The van der Waals surface area contributed by atoms with E-state index in [1.807, 2.05) is 30.3 Å². The summed E-state index contributed by atoms with van der Waals surface area (Å²) in [7, 11) is 1.32. The number of anilines is 2. The van der Waals surface area contributed by atoms with Crippen molar-refractivity contribution in [1.82, 2.24) is 20.4 Å². The van der Waals surface area contributed by atoms with Gasteiger partial charge in [-0.1, -0.05) is 65.1 Å². The Hall–Kier alpha value is -4.03. The molecule has 0 fully saturated rings. The first-order chi connectivity index (χ1) is 18.5. The monoisotopic (exact) mass is 550 g/mol. The standard InChI is InChI=1S/C26H26N6O4S2/c1-36-24(35)19-13-11-18(12-14-19)16-21(34)28-26-32-30-23(38-26)10-6-5-9-22-29-31-25(37-22)27-20(33)15-17-7-3-2-4-8-17/h2-4,7-8,11-14H,5-6,9-10,15-16H2,1H3,(H,27,31,33)(H,28,32,34). The molecule has 0 bridgehead atoms. The predicted molar refractivity (Wildman–Crippen MR) is 145 cm³/mol. The van der Waals surface area contributed by atoms with Gasteiger partial charge in [-0.3, -0.25) is 9.59 Å². The van der Waals surface area contributed by atoms with Gasteiger partial charge in [-0.05, 0) is 36.1 Å². The van der Waals surface area contributed by atoms with E-state index < -0.39 is 5.97 Å². The number of esters is 1. The number of hydrogen-bond acceptors (Lipinski definition) is 10. The molecule has 0 saturated carbocycles. The molecule has 4 aromatic rings. The lowest BCUT2D eigenvalue weighted by atomic mass is 10.1. The number of ether oxygens (including phenoxy) is 1. The van der Waals surface area contributed by atoms with Gasteiger partial charge in [0.05, 0.1) is 25.5 Å². The normalized spacial score (nSPS) is 10.7. The van der Waals surface area contributed by atoms with Crippen molar-refractivity contribution in [3.05, 3.63) is 81.3 Å². The Morgan fingerprint density at radius 3 is 1.71 bits per heavy atom. The summed E-state index contributed by atoms with van der Waals surface area (Å²) >= 11 is 2.73. The molecule has 2 aromatic heterocycles. The summed E-state index contributed by atoms with van der Waals surface area (Å²) in [5.74, 6) is -0.741. The van der Waals surface area contributed by atoms with E-state index in [2.05, 4.69) is 35.8 Å². The van der Waals surface area contributed by atoms with Crippen LogP contribution in [0.1, 0.15) is 44.3 Å². The van der Waals surface area contributed by atoms with Crippen molar-refractivity contribution in [3.63, 3.8) is 0 Å². The van der Waals surface area contributed by atoms with Crippen LogP contribution in [0.15, 0.2) is 54.6 Å². The van der Waals surface area contributed by atoms with Crippen molar-refractivity contribution in [2.45, 2.75) is 38.5 Å². The number of carbonyl (C=O) groups excluding carboxylic acids is 3. The number of aromatic nitrogens is 4. The first kappa shape index (κ1) is 27.0. The van der Waals surface area contributed by atoms with Gasteiger partial charge in [-0.2, -0.15) is 0 Å². The molecule has 0 radical (unpaired) electrons. The maximum Gasteiger partial charge on any atom is 0.337 e. The molecule has 2 N–H and O–H groups in total. The highest BCUT2D eigenvalue weighted by atomic mass is 32.1. The molecule has 10 nitrogen and oxygen atoms in total.